The second-order valence-electron chi connectivity index (χ2n) is 4.85. The van der Waals surface area contributed by atoms with Gasteiger partial charge in [-0.25, -0.2) is 0 Å². The molecule has 112 valence electrons. The molecule has 6 heteroatoms. The molecule has 0 aliphatic rings. The van der Waals surface area contributed by atoms with Gasteiger partial charge in [0.15, 0.2) is 0 Å². The van der Waals surface area contributed by atoms with Crippen LogP contribution in [0.4, 0.5) is 5.69 Å². The second-order valence-corrected chi connectivity index (χ2v) is 5.71. The van der Waals surface area contributed by atoms with E-state index in [0.717, 1.165) is 18.7 Å². The summed E-state index contributed by atoms with van der Waals surface area (Å²) in [5, 5.41) is 14.3. The number of nitro groups is 1. The summed E-state index contributed by atoms with van der Waals surface area (Å²) in [6, 6.07) is 9.07. The molecule has 0 amide bonds. The van der Waals surface area contributed by atoms with E-state index >= 15 is 0 Å². The molecule has 1 unspecified atom stereocenters. The molecule has 1 aromatic carbocycles. The van der Waals surface area contributed by atoms with Gasteiger partial charge in [-0.2, -0.15) is 0 Å². The molecule has 0 saturated carbocycles. The molecule has 0 aliphatic carbocycles. The van der Waals surface area contributed by atoms with Crippen LogP contribution in [0.2, 0.25) is 0 Å². The molecule has 2 aromatic rings. The number of benzene rings is 1. The van der Waals surface area contributed by atoms with Crippen LogP contribution >= 0.6 is 15.9 Å². The minimum Gasteiger partial charge on any atom is -0.461 e. The topological polar surface area (TPSA) is 68.3 Å². The normalized spacial score (nSPS) is 12.3. The van der Waals surface area contributed by atoms with Gasteiger partial charge in [0.25, 0.3) is 5.69 Å². The summed E-state index contributed by atoms with van der Waals surface area (Å²) in [4.78, 5) is 10.6. The van der Waals surface area contributed by atoms with Crippen molar-refractivity contribution in [2.45, 2.75) is 26.3 Å². The molecular formula is C15H17BrN2O3. The fraction of sp³-hybridized carbons (Fsp3) is 0.333. The lowest BCUT2D eigenvalue weighted by atomic mass is 10.1. The Balaban J connectivity index is 2.21. The average Bonchev–Trinajstić information content (AvgIpc) is 2.87. The molecule has 1 aromatic heterocycles. The van der Waals surface area contributed by atoms with Gasteiger partial charge in [-0.1, -0.05) is 6.92 Å². The van der Waals surface area contributed by atoms with Gasteiger partial charge in [0.2, 0.25) is 0 Å². The lowest BCUT2D eigenvalue weighted by Gasteiger charge is -2.09. The first-order valence-electron chi connectivity index (χ1n) is 6.77. The third-order valence-electron chi connectivity index (χ3n) is 3.15. The van der Waals surface area contributed by atoms with Gasteiger partial charge in [-0.3, -0.25) is 10.1 Å². The van der Waals surface area contributed by atoms with Crippen LogP contribution in [0.15, 0.2) is 39.2 Å². The molecule has 0 fully saturated rings. The molecule has 1 atom stereocenters. The van der Waals surface area contributed by atoms with Gasteiger partial charge < -0.3 is 9.73 Å². The fourth-order valence-corrected chi connectivity index (χ4v) is 2.56. The number of nitrogens with zero attached hydrogens (tertiary/aromatic N) is 1. The first kappa shape index (κ1) is 15.7. The fourth-order valence-electron chi connectivity index (χ4n) is 2.17. The maximum absolute atomic E-state index is 11.0. The van der Waals surface area contributed by atoms with Crippen LogP contribution in [-0.2, 0) is 6.42 Å². The maximum Gasteiger partial charge on any atom is 0.284 e. The van der Waals surface area contributed by atoms with Gasteiger partial charge in [-0.15, -0.1) is 0 Å². The average molecular weight is 353 g/mol. The molecule has 0 bridgehead atoms. The third kappa shape index (κ3) is 3.92. The largest absolute Gasteiger partial charge is 0.461 e. The van der Waals surface area contributed by atoms with Crippen molar-refractivity contribution in [2.75, 3.05) is 6.54 Å². The van der Waals surface area contributed by atoms with E-state index in [4.69, 9.17) is 4.42 Å². The van der Waals surface area contributed by atoms with Gasteiger partial charge in [0.05, 0.1) is 9.40 Å². The van der Waals surface area contributed by atoms with Crippen molar-refractivity contribution in [2.24, 2.45) is 0 Å². The highest BCUT2D eigenvalue weighted by molar-refractivity contribution is 9.10. The van der Waals surface area contributed by atoms with E-state index in [1.54, 1.807) is 12.1 Å². The number of hydrogen-bond acceptors (Lipinski definition) is 4. The van der Waals surface area contributed by atoms with Crippen LogP contribution in [0, 0.1) is 10.1 Å². The number of likely N-dealkylation sites (N-methyl/N-ethyl adjacent to an activating group) is 1. The van der Waals surface area contributed by atoms with Gasteiger partial charge in [-0.05, 0) is 53.7 Å². The zero-order valence-electron chi connectivity index (χ0n) is 11.9. The number of furan rings is 1. The van der Waals surface area contributed by atoms with E-state index in [-0.39, 0.29) is 5.69 Å². The Morgan fingerprint density at radius 2 is 2.14 bits per heavy atom. The molecule has 0 spiro atoms. The lowest BCUT2D eigenvalue weighted by molar-refractivity contribution is -0.385. The first-order valence-corrected chi connectivity index (χ1v) is 7.57. The highest BCUT2D eigenvalue weighted by Crippen LogP contribution is 2.31. The second kappa shape index (κ2) is 6.87. The van der Waals surface area contributed by atoms with Crippen LogP contribution in [0.1, 0.15) is 19.6 Å². The minimum absolute atomic E-state index is 0.0338. The van der Waals surface area contributed by atoms with Gasteiger partial charge >= 0.3 is 0 Å². The summed E-state index contributed by atoms with van der Waals surface area (Å²) in [5.74, 6) is 1.51. The van der Waals surface area contributed by atoms with Crippen LogP contribution in [0.25, 0.3) is 11.3 Å². The summed E-state index contributed by atoms with van der Waals surface area (Å²) < 4.78 is 6.25. The summed E-state index contributed by atoms with van der Waals surface area (Å²) in [6.45, 7) is 5.06. The minimum atomic E-state index is -0.412. The number of nitrogens with one attached hydrogen (secondary N) is 1. The van der Waals surface area contributed by atoms with Crippen molar-refractivity contribution in [3.8, 4) is 11.3 Å². The standard InChI is InChI=1S/C15H17BrN2O3/c1-3-17-10(2)8-12-5-7-15(21-12)11-4-6-13(16)14(9-11)18(19)20/h4-7,9-10,17H,3,8H2,1-2H3. The molecule has 5 nitrogen and oxygen atoms in total. The van der Waals surface area contributed by atoms with Crippen LogP contribution in [0.5, 0.6) is 0 Å². The molecule has 1 heterocycles. The van der Waals surface area contributed by atoms with Crippen molar-refractivity contribution in [3.63, 3.8) is 0 Å². The van der Waals surface area contributed by atoms with Crippen molar-refractivity contribution < 1.29 is 9.34 Å². The molecule has 0 saturated heterocycles. The van der Waals surface area contributed by atoms with E-state index in [1.807, 2.05) is 12.1 Å². The van der Waals surface area contributed by atoms with E-state index < -0.39 is 4.92 Å². The summed E-state index contributed by atoms with van der Waals surface area (Å²) in [6.07, 6.45) is 0.784. The van der Waals surface area contributed by atoms with E-state index in [0.29, 0.717) is 21.8 Å². The zero-order chi connectivity index (χ0) is 15.4. The maximum atomic E-state index is 11.0. The smallest absolute Gasteiger partial charge is 0.284 e. The highest BCUT2D eigenvalue weighted by Gasteiger charge is 2.15. The Kier molecular flexibility index (Phi) is 5.14. The summed E-state index contributed by atoms with van der Waals surface area (Å²) >= 11 is 3.18. The predicted octanol–water partition coefficient (Wildman–Crippen LogP) is 4.16. The molecule has 2 rings (SSSR count). The predicted molar refractivity (Wildman–Crippen MR) is 85.3 cm³/mol. The van der Waals surface area contributed by atoms with E-state index in [9.17, 15) is 10.1 Å². The Morgan fingerprint density at radius 3 is 2.81 bits per heavy atom. The Morgan fingerprint density at radius 1 is 1.38 bits per heavy atom. The Hall–Kier alpha value is -1.66. The highest BCUT2D eigenvalue weighted by atomic mass is 79.9. The number of hydrogen-bond donors (Lipinski definition) is 1. The molecule has 0 aliphatic heterocycles. The lowest BCUT2D eigenvalue weighted by Crippen LogP contribution is -2.27. The first-order chi connectivity index (χ1) is 10.0. The molecular weight excluding hydrogens is 336 g/mol. The summed E-state index contributed by atoms with van der Waals surface area (Å²) in [7, 11) is 0. The third-order valence-corrected chi connectivity index (χ3v) is 3.82. The van der Waals surface area contributed by atoms with Crippen LogP contribution in [0.3, 0.4) is 0 Å². The van der Waals surface area contributed by atoms with Crippen molar-refractivity contribution in [1.29, 1.82) is 0 Å². The Bertz CT molecular complexity index is 640. The number of nitro benzene ring substituents is 1. The van der Waals surface area contributed by atoms with Crippen molar-refractivity contribution >= 4 is 21.6 Å². The van der Waals surface area contributed by atoms with Crippen molar-refractivity contribution in [3.05, 3.63) is 50.7 Å². The van der Waals surface area contributed by atoms with Crippen LogP contribution < -0.4 is 5.32 Å². The molecule has 21 heavy (non-hydrogen) atoms. The quantitative estimate of drug-likeness (QED) is 0.626. The van der Waals surface area contributed by atoms with E-state index in [2.05, 4.69) is 35.1 Å². The van der Waals surface area contributed by atoms with Gasteiger partial charge in [0, 0.05) is 24.1 Å². The SMILES string of the molecule is CCNC(C)Cc1ccc(-c2ccc(Br)c([N+](=O)[O-])c2)o1. The zero-order valence-corrected chi connectivity index (χ0v) is 13.5. The number of rotatable bonds is 6. The summed E-state index contributed by atoms with van der Waals surface area (Å²) in [5.41, 5.74) is 0.735. The molecule has 0 radical (unpaired) electrons. The van der Waals surface area contributed by atoms with Crippen LogP contribution in [-0.4, -0.2) is 17.5 Å². The van der Waals surface area contributed by atoms with Crippen molar-refractivity contribution in [1.82, 2.24) is 5.32 Å². The van der Waals surface area contributed by atoms with E-state index in [1.165, 1.54) is 6.07 Å². The molecule has 1 N–H and O–H groups in total. The van der Waals surface area contributed by atoms with Gasteiger partial charge in [0.1, 0.15) is 11.5 Å². The monoisotopic (exact) mass is 352 g/mol. The Labute approximate surface area is 131 Å². The number of halogens is 1.